The highest BCUT2D eigenvalue weighted by atomic mass is 28.4. The summed E-state index contributed by atoms with van der Waals surface area (Å²) in [5.41, 5.74) is -2.98. The molecule has 0 radical (unpaired) electrons. The number of cyclic esters (lactones) is 1. The average Bonchev–Trinajstić information content (AvgIpc) is 2.90. The lowest BCUT2D eigenvalue weighted by Gasteiger charge is -2.35. The molecule has 0 aromatic heterocycles. The molecule has 1 unspecified atom stereocenters. The number of amides is 1. The van der Waals surface area contributed by atoms with E-state index in [1.165, 1.54) is 25.7 Å². The number of alkyl halides is 6. The van der Waals surface area contributed by atoms with Crippen molar-refractivity contribution in [1.82, 2.24) is 0 Å². The summed E-state index contributed by atoms with van der Waals surface area (Å²) in [4.78, 5) is 12.7. The maximum Gasteiger partial charge on any atom is 0.418 e. The Balaban J connectivity index is 2.63. The van der Waals surface area contributed by atoms with E-state index in [-0.39, 0.29) is 0 Å². The zero-order valence-electron chi connectivity index (χ0n) is 15.9. The van der Waals surface area contributed by atoms with Crippen molar-refractivity contribution >= 4 is 20.1 Å². The lowest BCUT2D eigenvalue weighted by atomic mass is 9.98. The lowest BCUT2D eigenvalue weighted by molar-refractivity contribution is -0.203. The Bertz CT molecular complexity index is 842. The quantitative estimate of drug-likeness (QED) is 0.489. The van der Waals surface area contributed by atoms with Crippen LogP contribution in [0, 0.1) is 18.3 Å². The van der Waals surface area contributed by atoms with E-state index in [1.807, 2.05) is 0 Å². The number of carbonyl (C=O) groups excluding carboxylic acids is 1. The fourth-order valence-corrected chi connectivity index (χ4v) is 4.15. The number of carbonyl (C=O) groups is 1. The minimum absolute atomic E-state index is 0.419. The van der Waals surface area contributed by atoms with Crippen LogP contribution in [0.4, 0.5) is 36.8 Å². The molecule has 0 spiro atoms. The normalized spacial score (nSPS) is 19.1. The first kappa shape index (κ1) is 23.0. The van der Waals surface area contributed by atoms with Gasteiger partial charge in [0.05, 0.1) is 22.9 Å². The van der Waals surface area contributed by atoms with Crippen LogP contribution < -0.4 is 4.90 Å². The van der Waals surface area contributed by atoms with Gasteiger partial charge in [0.1, 0.15) is 12.6 Å². The van der Waals surface area contributed by atoms with Gasteiger partial charge in [-0.1, -0.05) is 0 Å². The zero-order chi connectivity index (χ0) is 22.4. The van der Waals surface area contributed by atoms with E-state index < -0.39 is 67.9 Å². The maximum atomic E-state index is 13.7. The molecule has 1 amide bonds. The van der Waals surface area contributed by atoms with E-state index in [4.69, 9.17) is 14.4 Å². The van der Waals surface area contributed by atoms with Crippen LogP contribution in [0.1, 0.15) is 16.7 Å². The molecule has 2 atom stereocenters. The van der Waals surface area contributed by atoms with Gasteiger partial charge in [0, 0.05) is 0 Å². The highest BCUT2D eigenvalue weighted by Crippen LogP contribution is 2.41. The third kappa shape index (κ3) is 4.84. The van der Waals surface area contributed by atoms with Gasteiger partial charge in [0.25, 0.3) is 0 Å². The highest BCUT2D eigenvalue weighted by molar-refractivity contribution is 6.69. The summed E-state index contributed by atoms with van der Waals surface area (Å²) in [5, 5.41) is 8.97. The zero-order valence-corrected chi connectivity index (χ0v) is 16.9. The number of hydrogen-bond donors (Lipinski definition) is 0. The molecule has 0 bridgehead atoms. The predicted molar refractivity (Wildman–Crippen MR) is 92.8 cm³/mol. The van der Waals surface area contributed by atoms with Gasteiger partial charge in [-0.3, -0.25) is 4.90 Å². The molecule has 12 heteroatoms. The van der Waals surface area contributed by atoms with Gasteiger partial charge >= 0.3 is 18.4 Å². The molecule has 1 fully saturated rings. The number of rotatable bonds is 4. The van der Waals surface area contributed by atoms with Crippen LogP contribution in [0.25, 0.3) is 0 Å². The van der Waals surface area contributed by atoms with Crippen molar-refractivity contribution in [3.05, 3.63) is 28.8 Å². The van der Waals surface area contributed by atoms with Crippen molar-refractivity contribution in [1.29, 1.82) is 5.26 Å². The van der Waals surface area contributed by atoms with Gasteiger partial charge < -0.3 is 9.16 Å². The minimum atomic E-state index is -4.94. The van der Waals surface area contributed by atoms with Crippen molar-refractivity contribution in [2.24, 2.45) is 0 Å². The predicted octanol–water partition coefficient (Wildman–Crippen LogP) is 4.99. The molecule has 1 saturated heterocycles. The second kappa shape index (κ2) is 7.53. The van der Waals surface area contributed by atoms with Crippen molar-refractivity contribution in [2.75, 3.05) is 11.5 Å². The van der Waals surface area contributed by atoms with Gasteiger partial charge in [0.15, 0.2) is 14.4 Å². The summed E-state index contributed by atoms with van der Waals surface area (Å²) in [5.74, 6) is 0. The molecular weight excluding hydrogens is 422 g/mol. The summed E-state index contributed by atoms with van der Waals surface area (Å²) in [6.07, 6.45) is -13.5. The molecule has 2 rings (SSSR count). The van der Waals surface area contributed by atoms with Gasteiger partial charge in [0.2, 0.25) is 0 Å². The number of nitriles is 1. The van der Waals surface area contributed by atoms with Crippen molar-refractivity contribution in [3.63, 3.8) is 0 Å². The second-order valence-electron chi connectivity index (χ2n) is 7.45. The Hall–Kier alpha value is -2.26. The first-order valence-corrected chi connectivity index (χ1v) is 11.8. The van der Waals surface area contributed by atoms with Gasteiger partial charge in [-0.2, -0.15) is 31.6 Å². The number of ether oxygens (including phenoxy) is 1. The van der Waals surface area contributed by atoms with E-state index in [1.54, 1.807) is 0 Å². The molecule has 29 heavy (non-hydrogen) atoms. The lowest BCUT2D eigenvalue weighted by Crippen LogP contribution is -2.54. The summed E-state index contributed by atoms with van der Waals surface area (Å²) in [6, 6.07) is 1.52. The monoisotopic (exact) mass is 440 g/mol. The average molecular weight is 440 g/mol. The maximum absolute atomic E-state index is 13.7. The molecule has 0 N–H and O–H groups in total. The second-order valence-corrected chi connectivity index (χ2v) is 11.9. The molecule has 5 nitrogen and oxygen atoms in total. The smallest absolute Gasteiger partial charge is 0.418 e. The molecule has 1 aromatic carbocycles. The fourth-order valence-electron chi connectivity index (χ4n) is 3.10. The Morgan fingerprint density at radius 1 is 1.24 bits per heavy atom. The fraction of sp³-hybridized carbons (Fsp3) is 0.529. The van der Waals surface area contributed by atoms with E-state index in [0.717, 1.165) is 19.1 Å². The largest absolute Gasteiger partial charge is 0.447 e. The molecule has 1 aliphatic rings. The van der Waals surface area contributed by atoms with Crippen LogP contribution >= 0.6 is 0 Å². The molecule has 1 aliphatic heterocycles. The Kier molecular flexibility index (Phi) is 5.98. The van der Waals surface area contributed by atoms with Crippen LogP contribution in [0.15, 0.2) is 12.1 Å². The Labute approximate surface area is 163 Å². The summed E-state index contributed by atoms with van der Waals surface area (Å²) in [7, 11) is -2.76. The van der Waals surface area contributed by atoms with E-state index >= 15 is 0 Å². The number of nitrogens with zero attached hydrogens (tertiary/aromatic N) is 2. The highest BCUT2D eigenvalue weighted by Gasteiger charge is 2.54. The summed E-state index contributed by atoms with van der Waals surface area (Å²) < 4.78 is 91.4. The first-order valence-electron chi connectivity index (χ1n) is 8.39. The number of hydrogen-bond acceptors (Lipinski definition) is 4. The van der Waals surface area contributed by atoms with Crippen LogP contribution in [0.2, 0.25) is 19.6 Å². The van der Waals surface area contributed by atoms with Crippen LogP contribution in [-0.2, 0) is 15.3 Å². The van der Waals surface area contributed by atoms with Crippen LogP contribution in [-0.4, -0.2) is 39.3 Å². The van der Waals surface area contributed by atoms with Crippen molar-refractivity contribution < 1.29 is 40.3 Å². The molecule has 0 saturated carbocycles. The van der Waals surface area contributed by atoms with E-state index in [9.17, 15) is 31.1 Å². The van der Waals surface area contributed by atoms with Gasteiger partial charge in [-0.05, 0) is 44.3 Å². The van der Waals surface area contributed by atoms with Crippen LogP contribution in [0.5, 0.6) is 0 Å². The molecule has 1 aromatic rings. The van der Waals surface area contributed by atoms with Crippen molar-refractivity contribution in [3.8, 4) is 6.07 Å². The number of benzene rings is 1. The number of halogens is 6. The van der Waals surface area contributed by atoms with Gasteiger partial charge in [-0.25, -0.2) is 4.79 Å². The third-order valence-corrected chi connectivity index (χ3v) is 5.12. The Morgan fingerprint density at radius 3 is 2.28 bits per heavy atom. The third-order valence-electron chi connectivity index (χ3n) is 4.16. The number of anilines is 1. The summed E-state index contributed by atoms with van der Waals surface area (Å²) >= 11 is 0. The minimum Gasteiger partial charge on any atom is -0.447 e. The first-order chi connectivity index (χ1) is 13.1. The topological polar surface area (TPSA) is 62.6 Å². The molecule has 160 valence electrons. The molecular formula is C17H18F6N2O3Si. The van der Waals surface area contributed by atoms with Crippen LogP contribution in [0.3, 0.4) is 0 Å². The van der Waals surface area contributed by atoms with Gasteiger partial charge in [-0.15, -0.1) is 0 Å². The van der Waals surface area contributed by atoms with E-state index in [0.29, 0.717) is 4.90 Å². The Morgan fingerprint density at radius 2 is 1.83 bits per heavy atom. The molecule has 0 aliphatic carbocycles. The van der Waals surface area contributed by atoms with E-state index in [2.05, 4.69) is 0 Å². The standard InChI is InChI=1S/C17H18F6N2O3Si/c1-9-11(6-5-10(7-24)13(9)16(18,19)20)25-12(8-27-15(25)26)14(17(21,22)23)28-29(2,3)4/h5-6,12,14H,8H2,1-4H3/t12-,14?/m1/s1. The van der Waals surface area contributed by atoms with Crippen molar-refractivity contribution in [2.45, 2.75) is 51.1 Å². The SMILES string of the molecule is Cc1c(N2C(=O)OC[C@@H]2C(O[Si](C)(C)C)C(F)(F)F)ccc(C#N)c1C(F)(F)F. The summed E-state index contributed by atoms with van der Waals surface area (Å²) in [6.45, 7) is 4.84. The molecule has 1 heterocycles.